The highest BCUT2D eigenvalue weighted by atomic mass is 16.6. The van der Waals surface area contributed by atoms with Crippen LogP contribution in [0.15, 0.2) is 30.3 Å². The highest BCUT2D eigenvalue weighted by molar-refractivity contribution is 5.81. The Morgan fingerprint density at radius 1 is 1.30 bits per heavy atom. The van der Waals surface area contributed by atoms with Gasteiger partial charge in [0.15, 0.2) is 11.7 Å². The number of carbonyl (C=O) groups excluding carboxylic acids is 1. The van der Waals surface area contributed by atoms with Crippen LogP contribution < -0.4 is 0 Å². The van der Waals surface area contributed by atoms with E-state index in [2.05, 4.69) is 0 Å². The molecule has 1 saturated heterocycles. The van der Waals surface area contributed by atoms with E-state index >= 15 is 0 Å². The number of benzene rings is 1. The van der Waals surface area contributed by atoms with Crippen molar-refractivity contribution in [1.82, 2.24) is 0 Å². The zero-order valence-corrected chi connectivity index (χ0v) is 13.7. The Bertz CT molecular complexity index is 645. The molecule has 0 aromatic heterocycles. The lowest BCUT2D eigenvalue weighted by Crippen LogP contribution is -2.46. The zero-order chi connectivity index (χ0) is 19.0. The first-order valence-corrected chi connectivity index (χ1v) is 8.50. The summed E-state index contributed by atoms with van der Waals surface area (Å²) in [5.41, 5.74) is -1.10. The summed E-state index contributed by atoms with van der Waals surface area (Å²) in [4.78, 5) is 13.0. The molecular weight excluding hydrogens is 291 g/mol. The first-order valence-electron chi connectivity index (χ1n) is 10.0. The van der Waals surface area contributed by atoms with Gasteiger partial charge in [0, 0.05) is 12.3 Å². The van der Waals surface area contributed by atoms with Gasteiger partial charge >= 0.3 is 5.97 Å². The Morgan fingerprint density at radius 3 is 2.61 bits per heavy atom. The Balaban J connectivity index is 1.79. The molecule has 4 heteroatoms. The molecule has 1 N–H and O–H groups in total. The topological polar surface area (TPSA) is 46.5 Å². The summed E-state index contributed by atoms with van der Waals surface area (Å²) in [6, 6.07) is 8.98. The maximum Gasteiger partial charge on any atom is 0.343 e. The van der Waals surface area contributed by atoms with Gasteiger partial charge < -0.3 is 14.3 Å². The standard InChI is InChI=1S/C19H28NO3/c1-20(2)13-12-17(14-20)23-18(21)19(22,16-10-6-7-11-16)15-8-4-3-5-9-15/h3-5,8-9,16-17,22H,6-7,10-14H2,1-2H3/q+1/i1+1D3. The number of carbonyl (C=O) groups is 1. The number of hydrogen-bond acceptors (Lipinski definition) is 3. The fraction of sp³-hybridized carbons (Fsp3) is 0.632. The number of hydrogen-bond donors (Lipinski definition) is 1. The molecule has 0 radical (unpaired) electrons. The molecule has 0 amide bonds. The third-order valence-corrected chi connectivity index (χ3v) is 5.30. The van der Waals surface area contributed by atoms with Crippen molar-refractivity contribution >= 4 is 5.97 Å². The third kappa shape index (κ3) is 3.29. The van der Waals surface area contributed by atoms with Gasteiger partial charge in [-0.3, -0.25) is 0 Å². The molecule has 3 rings (SSSR count). The molecule has 3 unspecified atom stereocenters. The van der Waals surface area contributed by atoms with Gasteiger partial charge in [-0.25, -0.2) is 4.79 Å². The first kappa shape index (κ1) is 13.0. The third-order valence-electron chi connectivity index (χ3n) is 5.30. The molecule has 0 bridgehead atoms. The number of ether oxygens (including phenoxy) is 1. The molecular formula is C19H28NO3+. The van der Waals surface area contributed by atoms with E-state index in [1.807, 2.05) is 6.07 Å². The van der Waals surface area contributed by atoms with E-state index in [0.29, 0.717) is 18.5 Å². The van der Waals surface area contributed by atoms with E-state index in [9.17, 15) is 9.90 Å². The molecule has 1 saturated carbocycles. The number of esters is 1. The number of likely N-dealkylation sites (N-methyl/N-ethyl adjacent to an activating group) is 1. The average molecular weight is 322 g/mol. The summed E-state index contributed by atoms with van der Waals surface area (Å²) in [6.07, 6.45) is 3.57. The van der Waals surface area contributed by atoms with Crippen molar-refractivity contribution in [2.24, 2.45) is 5.92 Å². The molecule has 2 fully saturated rings. The highest BCUT2D eigenvalue weighted by Crippen LogP contribution is 2.42. The molecule has 1 aromatic carbocycles. The van der Waals surface area contributed by atoms with Gasteiger partial charge in [0.1, 0.15) is 6.54 Å². The van der Waals surface area contributed by atoms with Gasteiger partial charge in [0.2, 0.25) is 0 Å². The minimum absolute atomic E-state index is 0.113. The molecule has 2 aliphatic rings. The molecule has 23 heavy (non-hydrogen) atoms. The lowest BCUT2D eigenvalue weighted by molar-refractivity contribution is -0.879. The van der Waals surface area contributed by atoms with Crippen LogP contribution in [0.1, 0.15) is 41.8 Å². The van der Waals surface area contributed by atoms with Crippen molar-refractivity contribution in [3.8, 4) is 0 Å². The maximum atomic E-state index is 13.0. The van der Waals surface area contributed by atoms with E-state index in [4.69, 9.17) is 8.85 Å². The number of quaternary nitrogens is 1. The molecule has 4 nitrogen and oxygen atoms in total. The molecule has 1 aliphatic heterocycles. The van der Waals surface area contributed by atoms with Crippen molar-refractivity contribution in [1.29, 1.82) is 0 Å². The highest BCUT2D eigenvalue weighted by Gasteiger charge is 2.49. The number of nitrogens with zero attached hydrogens (tertiary/aromatic N) is 1. The van der Waals surface area contributed by atoms with Crippen molar-refractivity contribution in [3.63, 3.8) is 0 Å². The van der Waals surface area contributed by atoms with Crippen LogP contribution in [-0.4, -0.2) is 48.8 Å². The van der Waals surface area contributed by atoms with Gasteiger partial charge in [-0.2, -0.15) is 0 Å². The van der Waals surface area contributed by atoms with Crippen LogP contribution in [0.25, 0.3) is 0 Å². The molecule has 3 atom stereocenters. The van der Waals surface area contributed by atoms with Gasteiger partial charge in [-0.05, 0) is 18.4 Å². The fourth-order valence-corrected chi connectivity index (χ4v) is 3.95. The van der Waals surface area contributed by atoms with E-state index in [0.717, 1.165) is 25.7 Å². The Kier molecular flexibility index (Phi) is 3.52. The van der Waals surface area contributed by atoms with Crippen LogP contribution in [0.2, 0.25) is 0 Å². The second-order valence-electron chi connectivity index (χ2n) is 7.23. The van der Waals surface area contributed by atoms with Gasteiger partial charge in [-0.15, -0.1) is 0 Å². The number of rotatable bonds is 4. The molecule has 126 valence electrons. The first-order chi connectivity index (χ1) is 12.2. The van der Waals surface area contributed by atoms with Gasteiger partial charge in [-0.1, -0.05) is 43.2 Å². The summed E-state index contributed by atoms with van der Waals surface area (Å²) in [7, 11) is 1.67. The summed E-state index contributed by atoms with van der Waals surface area (Å²) in [5.74, 6) is -0.804. The van der Waals surface area contributed by atoms with E-state index in [1.165, 1.54) is 0 Å². The van der Waals surface area contributed by atoms with Crippen LogP contribution >= 0.6 is 0 Å². The van der Waals surface area contributed by atoms with Gasteiger partial charge in [0.05, 0.1) is 24.7 Å². The smallest absolute Gasteiger partial charge is 0.343 e. The summed E-state index contributed by atoms with van der Waals surface area (Å²) >= 11 is 0. The SMILES string of the molecule is [2H][13C]([2H])([2H])[N+]1(C)CCC(OC(=O)C(O)(c2ccccc2)C2CCCC2)C1. The normalized spacial score (nSPS) is 33.5. The lowest BCUT2D eigenvalue weighted by atomic mass is 9.80. The zero-order valence-electron chi connectivity index (χ0n) is 16.7. The van der Waals surface area contributed by atoms with E-state index in [-0.39, 0.29) is 16.9 Å². The quantitative estimate of drug-likeness (QED) is 0.526. The van der Waals surface area contributed by atoms with Crippen molar-refractivity contribution in [3.05, 3.63) is 35.9 Å². The summed E-state index contributed by atoms with van der Waals surface area (Å²) < 4.78 is 28.7. The molecule has 1 heterocycles. The van der Waals surface area contributed by atoms with Crippen LogP contribution in [-0.2, 0) is 15.1 Å². The van der Waals surface area contributed by atoms with Crippen LogP contribution in [0.4, 0.5) is 0 Å². The van der Waals surface area contributed by atoms with Crippen LogP contribution in [0, 0.1) is 5.92 Å². The second-order valence-corrected chi connectivity index (χ2v) is 7.23. The molecule has 1 aliphatic carbocycles. The van der Waals surface area contributed by atoms with Gasteiger partial charge in [0.25, 0.3) is 0 Å². The lowest BCUT2D eigenvalue weighted by Gasteiger charge is -2.33. The summed E-state index contributed by atoms with van der Waals surface area (Å²) in [6.45, 7) is -1.46. The molecule has 1 aromatic rings. The summed E-state index contributed by atoms with van der Waals surface area (Å²) in [5, 5.41) is 11.4. The second kappa shape index (κ2) is 6.25. The minimum Gasteiger partial charge on any atom is -0.454 e. The van der Waals surface area contributed by atoms with Crippen LogP contribution in [0.3, 0.4) is 0 Å². The fourth-order valence-electron chi connectivity index (χ4n) is 3.95. The Hall–Kier alpha value is -1.39. The van der Waals surface area contributed by atoms with E-state index in [1.54, 1.807) is 31.3 Å². The predicted molar refractivity (Wildman–Crippen MR) is 88.6 cm³/mol. The largest absolute Gasteiger partial charge is 0.454 e. The Labute approximate surface area is 142 Å². The number of likely N-dealkylation sites (tertiary alicyclic amines) is 1. The van der Waals surface area contributed by atoms with Crippen molar-refractivity contribution in [2.45, 2.75) is 43.8 Å². The minimum atomic E-state index is -2.14. The van der Waals surface area contributed by atoms with E-state index < -0.39 is 24.7 Å². The Morgan fingerprint density at radius 2 is 2.00 bits per heavy atom. The molecule has 0 spiro atoms. The van der Waals surface area contributed by atoms with Crippen LogP contribution in [0.5, 0.6) is 0 Å². The predicted octanol–water partition coefficient (Wildman–Crippen LogP) is 2.46. The maximum absolute atomic E-state index is 13.0. The average Bonchev–Trinajstić information content (AvgIpc) is 3.25. The van der Waals surface area contributed by atoms with Crippen molar-refractivity contribution < 1.29 is 23.2 Å². The monoisotopic (exact) mass is 322 g/mol. The number of aliphatic hydroxyl groups is 1. The van der Waals surface area contributed by atoms with Crippen molar-refractivity contribution in [2.75, 3.05) is 27.1 Å².